The van der Waals surface area contributed by atoms with E-state index in [-0.39, 0.29) is 24.2 Å². The molecule has 1 unspecified atom stereocenters. The monoisotopic (exact) mass is 277 g/mol. The number of amides is 1. The lowest BCUT2D eigenvalue weighted by Gasteiger charge is -2.07. The van der Waals surface area contributed by atoms with Crippen molar-refractivity contribution in [3.05, 3.63) is 59.7 Å². The van der Waals surface area contributed by atoms with Crippen LogP contribution in [-0.4, -0.2) is 15.9 Å². The number of rotatable bonds is 4. The van der Waals surface area contributed by atoms with Crippen LogP contribution in [0.5, 0.6) is 0 Å². The minimum Gasteiger partial charge on any atom is -0.369 e. The molecule has 100 valence electrons. The van der Waals surface area contributed by atoms with Gasteiger partial charge < -0.3 is 5.73 Å². The van der Waals surface area contributed by atoms with Crippen LogP contribution in [0.3, 0.4) is 0 Å². The van der Waals surface area contributed by atoms with Crippen LogP contribution in [0, 0.1) is 0 Å². The van der Waals surface area contributed by atoms with E-state index in [0.717, 1.165) is 17.7 Å². The maximum Gasteiger partial charge on any atom is 0.226 e. The van der Waals surface area contributed by atoms with Crippen LogP contribution >= 0.6 is 12.4 Å². The molecule has 2 heterocycles. The summed E-state index contributed by atoms with van der Waals surface area (Å²) in [6.07, 6.45) is 4.27. The Balaban J connectivity index is 0.00000180. The minimum absolute atomic E-state index is 0. The molecule has 0 aromatic carbocycles. The predicted octanol–water partition coefficient (Wildman–Crippen LogP) is 2.08. The van der Waals surface area contributed by atoms with Gasteiger partial charge in [0.05, 0.1) is 11.6 Å². The van der Waals surface area contributed by atoms with Crippen molar-refractivity contribution in [3.63, 3.8) is 0 Å². The number of halogens is 1. The molecular weight excluding hydrogens is 262 g/mol. The Morgan fingerprint density at radius 3 is 2.58 bits per heavy atom. The standard InChI is InChI=1S/C14H15N3O.ClH/c1-10(14(15)18)13-6-5-11(9-17-13)8-12-4-2-3-7-16-12;/h2-7,9-10H,8H2,1H3,(H2,15,18);1H. The Bertz CT molecular complexity index is 528. The molecule has 0 saturated heterocycles. The van der Waals surface area contributed by atoms with Crippen molar-refractivity contribution in [2.45, 2.75) is 19.3 Å². The predicted molar refractivity (Wildman–Crippen MR) is 76.1 cm³/mol. The summed E-state index contributed by atoms with van der Waals surface area (Å²) in [6, 6.07) is 9.61. The summed E-state index contributed by atoms with van der Waals surface area (Å²) in [5.41, 5.74) is 8.00. The summed E-state index contributed by atoms with van der Waals surface area (Å²) in [7, 11) is 0. The summed E-state index contributed by atoms with van der Waals surface area (Å²) < 4.78 is 0. The van der Waals surface area contributed by atoms with Crippen molar-refractivity contribution in [2.75, 3.05) is 0 Å². The van der Waals surface area contributed by atoms with Gasteiger partial charge in [-0.3, -0.25) is 14.8 Å². The number of nitrogens with zero attached hydrogens (tertiary/aromatic N) is 2. The summed E-state index contributed by atoms with van der Waals surface area (Å²) in [5, 5.41) is 0. The average Bonchev–Trinajstić information content (AvgIpc) is 2.40. The summed E-state index contributed by atoms with van der Waals surface area (Å²) in [6.45, 7) is 1.75. The third kappa shape index (κ3) is 4.03. The fourth-order valence-electron chi connectivity index (χ4n) is 1.65. The summed E-state index contributed by atoms with van der Waals surface area (Å²) >= 11 is 0. The first-order valence-electron chi connectivity index (χ1n) is 5.81. The van der Waals surface area contributed by atoms with E-state index in [1.54, 1.807) is 19.3 Å². The van der Waals surface area contributed by atoms with Gasteiger partial charge in [0.15, 0.2) is 0 Å². The molecule has 19 heavy (non-hydrogen) atoms. The van der Waals surface area contributed by atoms with Gasteiger partial charge in [-0.15, -0.1) is 12.4 Å². The van der Waals surface area contributed by atoms with E-state index < -0.39 is 0 Å². The first kappa shape index (κ1) is 15.1. The Labute approximate surface area is 118 Å². The highest BCUT2D eigenvalue weighted by Crippen LogP contribution is 2.13. The van der Waals surface area contributed by atoms with Gasteiger partial charge in [-0.2, -0.15) is 0 Å². The highest BCUT2D eigenvalue weighted by molar-refractivity contribution is 5.85. The van der Waals surface area contributed by atoms with Crippen LogP contribution in [0.2, 0.25) is 0 Å². The number of aromatic nitrogens is 2. The maximum absolute atomic E-state index is 11.0. The highest BCUT2D eigenvalue weighted by atomic mass is 35.5. The van der Waals surface area contributed by atoms with E-state index >= 15 is 0 Å². The Kier molecular flexibility index (Phi) is 5.45. The van der Waals surface area contributed by atoms with Gasteiger partial charge in [0.1, 0.15) is 0 Å². The van der Waals surface area contributed by atoms with Gasteiger partial charge in [-0.1, -0.05) is 12.1 Å². The average molecular weight is 278 g/mol. The van der Waals surface area contributed by atoms with E-state index in [1.165, 1.54) is 0 Å². The van der Waals surface area contributed by atoms with Gasteiger partial charge in [0.2, 0.25) is 5.91 Å². The van der Waals surface area contributed by atoms with Crippen molar-refractivity contribution in [3.8, 4) is 0 Å². The summed E-state index contributed by atoms with van der Waals surface area (Å²) in [4.78, 5) is 19.6. The quantitative estimate of drug-likeness (QED) is 0.930. The molecular formula is C14H16ClN3O. The fourth-order valence-corrected chi connectivity index (χ4v) is 1.65. The van der Waals surface area contributed by atoms with Gasteiger partial charge in [-0.05, 0) is 30.7 Å². The second kappa shape index (κ2) is 6.85. The lowest BCUT2D eigenvalue weighted by Crippen LogP contribution is -2.19. The second-order valence-electron chi connectivity index (χ2n) is 4.21. The Morgan fingerprint density at radius 2 is 2.05 bits per heavy atom. The third-order valence-electron chi connectivity index (χ3n) is 2.83. The van der Waals surface area contributed by atoms with Crippen LogP contribution in [0.1, 0.15) is 29.8 Å². The number of hydrogen-bond acceptors (Lipinski definition) is 3. The van der Waals surface area contributed by atoms with Crippen molar-refractivity contribution in [2.24, 2.45) is 5.73 Å². The molecule has 0 bridgehead atoms. The van der Waals surface area contributed by atoms with E-state index in [9.17, 15) is 4.79 Å². The normalized spacial score (nSPS) is 11.4. The third-order valence-corrected chi connectivity index (χ3v) is 2.83. The summed E-state index contributed by atoms with van der Waals surface area (Å²) in [5.74, 6) is -0.714. The zero-order valence-corrected chi connectivity index (χ0v) is 11.4. The van der Waals surface area contributed by atoms with Gasteiger partial charge in [0, 0.05) is 24.5 Å². The molecule has 0 aliphatic rings. The zero-order chi connectivity index (χ0) is 13.0. The first-order valence-corrected chi connectivity index (χ1v) is 5.81. The molecule has 4 nitrogen and oxygen atoms in total. The van der Waals surface area contributed by atoms with Crippen LogP contribution < -0.4 is 5.73 Å². The van der Waals surface area contributed by atoms with E-state index in [1.807, 2.05) is 30.3 Å². The smallest absolute Gasteiger partial charge is 0.226 e. The van der Waals surface area contributed by atoms with Crippen molar-refractivity contribution in [1.82, 2.24) is 9.97 Å². The maximum atomic E-state index is 11.0. The molecule has 2 aromatic rings. The lowest BCUT2D eigenvalue weighted by molar-refractivity contribution is -0.119. The molecule has 0 fully saturated rings. The number of carbonyl (C=O) groups excluding carboxylic acids is 1. The van der Waals surface area contributed by atoms with E-state index in [4.69, 9.17) is 5.73 Å². The molecule has 5 heteroatoms. The first-order chi connectivity index (χ1) is 8.66. The van der Waals surface area contributed by atoms with Crippen LogP contribution in [0.15, 0.2) is 42.7 Å². The number of nitrogens with two attached hydrogens (primary N) is 1. The van der Waals surface area contributed by atoms with Crippen LogP contribution in [-0.2, 0) is 11.2 Å². The topological polar surface area (TPSA) is 68.9 Å². The van der Waals surface area contributed by atoms with Crippen molar-refractivity contribution >= 4 is 18.3 Å². The fraction of sp³-hybridized carbons (Fsp3) is 0.214. The molecule has 2 aromatic heterocycles. The van der Waals surface area contributed by atoms with Crippen molar-refractivity contribution in [1.29, 1.82) is 0 Å². The highest BCUT2D eigenvalue weighted by Gasteiger charge is 2.12. The molecule has 0 spiro atoms. The number of pyridine rings is 2. The molecule has 0 saturated carbocycles. The molecule has 2 rings (SSSR count). The second-order valence-corrected chi connectivity index (χ2v) is 4.21. The molecule has 0 radical (unpaired) electrons. The van der Waals surface area contributed by atoms with Gasteiger partial charge in [0.25, 0.3) is 0 Å². The minimum atomic E-state index is -0.361. The van der Waals surface area contributed by atoms with Gasteiger partial charge >= 0.3 is 0 Å². The molecule has 1 amide bonds. The molecule has 0 aliphatic carbocycles. The van der Waals surface area contributed by atoms with Crippen molar-refractivity contribution < 1.29 is 4.79 Å². The van der Waals surface area contributed by atoms with Gasteiger partial charge in [-0.25, -0.2) is 0 Å². The van der Waals surface area contributed by atoms with Crippen LogP contribution in [0.4, 0.5) is 0 Å². The largest absolute Gasteiger partial charge is 0.369 e. The zero-order valence-electron chi connectivity index (χ0n) is 10.6. The number of hydrogen-bond donors (Lipinski definition) is 1. The molecule has 0 aliphatic heterocycles. The Hall–Kier alpha value is -1.94. The van der Waals surface area contributed by atoms with Crippen LogP contribution in [0.25, 0.3) is 0 Å². The molecule has 1 atom stereocenters. The SMILES string of the molecule is CC(C(N)=O)c1ccc(Cc2ccccn2)cn1.Cl. The Morgan fingerprint density at radius 1 is 1.26 bits per heavy atom. The van der Waals surface area contributed by atoms with E-state index in [2.05, 4.69) is 9.97 Å². The number of primary amides is 1. The molecule has 2 N–H and O–H groups in total. The lowest BCUT2D eigenvalue weighted by atomic mass is 10.0. The van der Waals surface area contributed by atoms with E-state index in [0.29, 0.717) is 5.69 Å². The number of carbonyl (C=O) groups is 1.